The van der Waals surface area contributed by atoms with E-state index < -0.39 is 0 Å². The molecule has 4 nitrogen and oxygen atoms in total. The van der Waals surface area contributed by atoms with E-state index in [1.165, 1.54) is 19.3 Å². The normalized spacial score (nSPS) is 11.5. The molecule has 0 saturated heterocycles. The van der Waals surface area contributed by atoms with Gasteiger partial charge in [0.15, 0.2) is 0 Å². The smallest absolute Gasteiger partial charge is 0.271 e. The number of hydrazone groups is 1. The monoisotopic (exact) mass is 366 g/mol. The zero-order chi connectivity index (χ0) is 19.5. The second-order valence-corrected chi connectivity index (χ2v) is 6.89. The molecule has 27 heavy (non-hydrogen) atoms. The summed E-state index contributed by atoms with van der Waals surface area (Å²) < 4.78 is 5.72. The maximum absolute atomic E-state index is 12.4. The average molecular weight is 367 g/mol. The van der Waals surface area contributed by atoms with E-state index in [1.807, 2.05) is 42.5 Å². The van der Waals surface area contributed by atoms with Crippen molar-refractivity contribution in [1.29, 1.82) is 0 Å². The third-order valence-corrected chi connectivity index (χ3v) is 4.28. The molecule has 0 aliphatic carbocycles. The quantitative estimate of drug-likeness (QED) is 0.346. The van der Waals surface area contributed by atoms with Crippen LogP contribution in [0.25, 0.3) is 0 Å². The highest BCUT2D eigenvalue weighted by Gasteiger charge is 2.10. The van der Waals surface area contributed by atoms with Crippen LogP contribution in [0, 0.1) is 5.92 Å². The van der Waals surface area contributed by atoms with Crippen molar-refractivity contribution in [2.45, 2.75) is 46.5 Å². The fourth-order valence-electron chi connectivity index (χ4n) is 2.73. The van der Waals surface area contributed by atoms with Gasteiger partial charge in [-0.3, -0.25) is 4.79 Å². The number of nitrogens with zero attached hydrogens (tertiary/aromatic N) is 1. The Labute approximate surface area is 162 Å². The number of amides is 1. The molecule has 0 aliphatic rings. The molecule has 0 spiro atoms. The number of rotatable bonds is 10. The Morgan fingerprint density at radius 1 is 0.963 bits per heavy atom. The van der Waals surface area contributed by atoms with Crippen LogP contribution in [0.5, 0.6) is 5.75 Å². The number of carbonyl (C=O) groups is 1. The number of hydrogen-bond acceptors (Lipinski definition) is 3. The summed E-state index contributed by atoms with van der Waals surface area (Å²) in [4.78, 5) is 12.4. The van der Waals surface area contributed by atoms with Gasteiger partial charge in [-0.05, 0) is 42.2 Å². The molecule has 4 heteroatoms. The molecule has 0 aromatic heterocycles. The van der Waals surface area contributed by atoms with Gasteiger partial charge < -0.3 is 4.74 Å². The third-order valence-electron chi connectivity index (χ3n) is 4.28. The van der Waals surface area contributed by atoms with Crippen LogP contribution < -0.4 is 10.2 Å². The van der Waals surface area contributed by atoms with Crippen molar-refractivity contribution < 1.29 is 9.53 Å². The van der Waals surface area contributed by atoms with Gasteiger partial charge in [0.05, 0.1) is 12.3 Å². The molecule has 0 bridgehead atoms. The minimum absolute atomic E-state index is 0.205. The molecule has 0 aliphatic heterocycles. The van der Waals surface area contributed by atoms with Gasteiger partial charge in [-0.2, -0.15) is 5.10 Å². The maximum atomic E-state index is 12.4. The van der Waals surface area contributed by atoms with E-state index in [4.69, 9.17) is 4.74 Å². The summed E-state index contributed by atoms with van der Waals surface area (Å²) in [6.45, 7) is 7.03. The van der Waals surface area contributed by atoms with Crippen molar-refractivity contribution in [3.8, 4) is 5.75 Å². The minimum atomic E-state index is -0.224. The van der Waals surface area contributed by atoms with Crippen molar-refractivity contribution in [3.05, 3.63) is 65.7 Å². The molecule has 2 aromatic rings. The Hall–Kier alpha value is -2.62. The van der Waals surface area contributed by atoms with E-state index in [1.54, 1.807) is 12.1 Å². The largest absolute Gasteiger partial charge is 0.494 e. The lowest BCUT2D eigenvalue weighted by Crippen LogP contribution is -2.22. The Morgan fingerprint density at radius 3 is 2.30 bits per heavy atom. The first-order valence-electron chi connectivity index (χ1n) is 9.78. The molecule has 0 unspecified atom stereocenters. The van der Waals surface area contributed by atoms with Crippen molar-refractivity contribution in [2.75, 3.05) is 6.61 Å². The number of hydrogen-bond donors (Lipinski definition) is 1. The molecule has 0 saturated carbocycles. The molecular formula is C23H30N2O2. The summed E-state index contributed by atoms with van der Waals surface area (Å²) in [5, 5.41) is 4.36. The standard InChI is InChI=1S/C23H30N2O2/c1-4-5-6-10-17-27-21-15-13-20(14-16-21)23(26)25-24-22(18(2)3)19-11-8-7-9-12-19/h7-9,11-16,18H,4-6,10,17H2,1-3H3,(H,25,26)/b24-22+. The van der Waals surface area contributed by atoms with Crippen LogP contribution in [-0.2, 0) is 0 Å². The van der Waals surface area contributed by atoms with Gasteiger partial charge in [-0.25, -0.2) is 5.43 Å². The van der Waals surface area contributed by atoms with Gasteiger partial charge >= 0.3 is 0 Å². The first kappa shape index (κ1) is 20.7. The molecule has 0 fully saturated rings. The Bertz CT molecular complexity index is 722. The molecule has 2 rings (SSSR count). The van der Waals surface area contributed by atoms with Gasteiger partial charge in [-0.15, -0.1) is 0 Å². The summed E-state index contributed by atoms with van der Waals surface area (Å²) in [7, 11) is 0. The topological polar surface area (TPSA) is 50.7 Å². The summed E-state index contributed by atoms with van der Waals surface area (Å²) in [5.74, 6) is 0.772. The maximum Gasteiger partial charge on any atom is 0.271 e. The lowest BCUT2D eigenvalue weighted by atomic mass is 10.0. The SMILES string of the molecule is CCCCCCOc1ccc(C(=O)N/N=C(/c2ccccc2)C(C)C)cc1. The summed E-state index contributed by atoms with van der Waals surface area (Å²) in [6, 6.07) is 17.1. The van der Waals surface area contributed by atoms with Crippen LogP contribution in [0.2, 0.25) is 0 Å². The zero-order valence-corrected chi connectivity index (χ0v) is 16.6. The van der Waals surface area contributed by atoms with E-state index in [0.29, 0.717) is 12.2 Å². The van der Waals surface area contributed by atoms with E-state index >= 15 is 0 Å². The molecule has 0 atom stereocenters. The number of carbonyl (C=O) groups excluding carboxylic acids is 1. The van der Waals surface area contributed by atoms with Gasteiger partial charge in [0.25, 0.3) is 5.91 Å². The Balaban J connectivity index is 1.93. The molecular weight excluding hydrogens is 336 g/mol. The first-order valence-corrected chi connectivity index (χ1v) is 9.78. The summed E-state index contributed by atoms with van der Waals surface area (Å²) in [5.41, 5.74) is 5.11. The van der Waals surface area contributed by atoms with E-state index in [-0.39, 0.29) is 11.8 Å². The fraction of sp³-hybridized carbons (Fsp3) is 0.391. The number of unbranched alkanes of at least 4 members (excludes halogenated alkanes) is 3. The second-order valence-electron chi connectivity index (χ2n) is 6.89. The Kier molecular flexibility index (Phi) is 8.56. The van der Waals surface area contributed by atoms with Gasteiger partial charge in [0, 0.05) is 5.56 Å². The molecule has 1 N–H and O–H groups in total. The highest BCUT2D eigenvalue weighted by atomic mass is 16.5. The highest BCUT2D eigenvalue weighted by molar-refractivity contribution is 6.03. The first-order chi connectivity index (χ1) is 13.1. The van der Waals surface area contributed by atoms with Crippen molar-refractivity contribution in [2.24, 2.45) is 11.0 Å². The molecule has 0 heterocycles. The molecule has 0 radical (unpaired) electrons. The second kappa shape index (κ2) is 11.2. The molecule has 1 amide bonds. The van der Waals surface area contributed by atoms with Gasteiger partial charge in [0.2, 0.25) is 0 Å². The van der Waals surface area contributed by atoms with Crippen LogP contribution in [0.3, 0.4) is 0 Å². The van der Waals surface area contributed by atoms with Gasteiger partial charge in [0.1, 0.15) is 5.75 Å². The lowest BCUT2D eigenvalue weighted by Gasteiger charge is -2.11. The van der Waals surface area contributed by atoms with E-state index in [0.717, 1.165) is 23.4 Å². The van der Waals surface area contributed by atoms with Crippen LogP contribution in [0.4, 0.5) is 0 Å². The van der Waals surface area contributed by atoms with Crippen molar-refractivity contribution in [1.82, 2.24) is 5.43 Å². The highest BCUT2D eigenvalue weighted by Crippen LogP contribution is 2.14. The van der Waals surface area contributed by atoms with Crippen LogP contribution in [0.15, 0.2) is 59.7 Å². The third kappa shape index (κ3) is 6.89. The number of nitrogens with one attached hydrogen (secondary N) is 1. The van der Waals surface area contributed by atoms with Crippen LogP contribution in [0.1, 0.15) is 62.4 Å². The van der Waals surface area contributed by atoms with Crippen LogP contribution >= 0.6 is 0 Å². The van der Waals surface area contributed by atoms with Crippen molar-refractivity contribution >= 4 is 11.6 Å². The summed E-state index contributed by atoms with van der Waals surface area (Å²) >= 11 is 0. The minimum Gasteiger partial charge on any atom is -0.494 e. The molecule has 2 aromatic carbocycles. The number of benzene rings is 2. The van der Waals surface area contributed by atoms with Gasteiger partial charge in [-0.1, -0.05) is 70.4 Å². The molecule has 144 valence electrons. The zero-order valence-electron chi connectivity index (χ0n) is 16.6. The lowest BCUT2D eigenvalue weighted by molar-refractivity contribution is 0.0954. The fourth-order valence-corrected chi connectivity index (χ4v) is 2.73. The number of ether oxygens (including phenoxy) is 1. The van der Waals surface area contributed by atoms with E-state index in [2.05, 4.69) is 31.3 Å². The van der Waals surface area contributed by atoms with E-state index in [9.17, 15) is 4.79 Å². The predicted molar refractivity (Wildman–Crippen MR) is 111 cm³/mol. The predicted octanol–water partition coefficient (Wildman–Crippen LogP) is 5.44. The van der Waals surface area contributed by atoms with Crippen LogP contribution in [-0.4, -0.2) is 18.2 Å². The van der Waals surface area contributed by atoms with Crippen molar-refractivity contribution in [3.63, 3.8) is 0 Å². The average Bonchev–Trinajstić information content (AvgIpc) is 2.69. The Morgan fingerprint density at radius 2 is 1.67 bits per heavy atom. The summed E-state index contributed by atoms with van der Waals surface area (Å²) in [6.07, 6.45) is 4.70.